The van der Waals surface area contributed by atoms with Crippen LogP contribution < -0.4 is 4.90 Å². The Balaban J connectivity index is 1.34. The lowest BCUT2D eigenvalue weighted by Crippen LogP contribution is -2.51. The molecule has 0 bridgehead atoms. The summed E-state index contributed by atoms with van der Waals surface area (Å²) in [6, 6.07) is 29.9. The summed E-state index contributed by atoms with van der Waals surface area (Å²) in [5.41, 5.74) is 1.14. The summed E-state index contributed by atoms with van der Waals surface area (Å²) in [5, 5.41) is 0.484. The first kappa shape index (κ1) is 23.7. The highest BCUT2D eigenvalue weighted by atomic mass is 35.5. The van der Waals surface area contributed by atoms with Gasteiger partial charge in [0.2, 0.25) is 29.0 Å². The van der Waals surface area contributed by atoms with E-state index in [1.807, 2.05) is 42.5 Å². The lowest BCUT2D eigenvalue weighted by molar-refractivity contribution is -0.127. The molecule has 7 rings (SSSR count). The van der Waals surface area contributed by atoms with Crippen molar-refractivity contribution in [1.29, 1.82) is 0 Å². The van der Waals surface area contributed by atoms with Gasteiger partial charge in [-0.1, -0.05) is 90.5 Å². The van der Waals surface area contributed by atoms with Gasteiger partial charge >= 0.3 is 0 Å². The van der Waals surface area contributed by atoms with Crippen LogP contribution in [0.2, 0.25) is 5.02 Å². The van der Waals surface area contributed by atoms with E-state index in [0.717, 1.165) is 16.0 Å². The summed E-state index contributed by atoms with van der Waals surface area (Å²) < 4.78 is 6.30. The highest BCUT2D eigenvalue weighted by Crippen LogP contribution is 2.57. The normalized spacial score (nSPS) is 23.0. The summed E-state index contributed by atoms with van der Waals surface area (Å²) in [6.07, 6.45) is -0.987. The monoisotopic (exact) mass is 533 g/mol. The minimum Gasteiger partial charge on any atom is -0.349 e. The highest BCUT2D eigenvalue weighted by Gasteiger charge is 2.74. The number of carbonyl (C=O) groups excluding carboxylic acids is 4. The van der Waals surface area contributed by atoms with Gasteiger partial charge in [-0.25, -0.2) is 4.90 Å². The van der Waals surface area contributed by atoms with E-state index in [1.54, 1.807) is 60.7 Å². The number of Topliss-reactive ketones (excluding diaryl/α,β-unsaturated/α-hetero) is 2. The number of fused-ring (bicyclic) bond motifs is 3. The van der Waals surface area contributed by atoms with Gasteiger partial charge in [-0.15, -0.1) is 0 Å². The van der Waals surface area contributed by atoms with E-state index >= 15 is 0 Å². The number of ketones is 2. The molecule has 2 amide bonds. The molecular formula is C32H20ClNO5. The number of hydrogen-bond acceptors (Lipinski definition) is 5. The maximum atomic E-state index is 14.1. The number of hydrogen-bond donors (Lipinski definition) is 0. The molecule has 0 unspecified atom stereocenters. The zero-order chi connectivity index (χ0) is 26.9. The molecule has 0 aromatic heterocycles. The van der Waals surface area contributed by atoms with E-state index in [2.05, 4.69) is 0 Å². The van der Waals surface area contributed by atoms with Crippen LogP contribution in [0.3, 0.4) is 0 Å². The molecule has 190 valence electrons. The third-order valence-corrected chi connectivity index (χ3v) is 8.20. The fraction of sp³-hybridized carbons (Fsp3) is 0.125. The van der Waals surface area contributed by atoms with Crippen molar-refractivity contribution in [3.8, 4) is 11.1 Å². The van der Waals surface area contributed by atoms with Crippen molar-refractivity contribution in [3.05, 3.63) is 125 Å². The Morgan fingerprint density at radius 1 is 0.641 bits per heavy atom. The van der Waals surface area contributed by atoms with E-state index < -0.39 is 46.9 Å². The number of rotatable bonds is 3. The summed E-state index contributed by atoms with van der Waals surface area (Å²) in [4.78, 5) is 56.9. The van der Waals surface area contributed by atoms with Crippen LogP contribution in [0, 0.1) is 11.8 Å². The Bertz CT molecular complexity index is 1650. The first-order valence-electron chi connectivity index (χ1n) is 12.6. The van der Waals surface area contributed by atoms with E-state index in [4.69, 9.17) is 16.3 Å². The van der Waals surface area contributed by atoms with Gasteiger partial charge in [0.05, 0.1) is 23.6 Å². The smallest absolute Gasteiger partial charge is 0.241 e. The van der Waals surface area contributed by atoms with Crippen molar-refractivity contribution in [1.82, 2.24) is 0 Å². The van der Waals surface area contributed by atoms with Gasteiger partial charge in [0.1, 0.15) is 0 Å². The fourth-order valence-electron chi connectivity index (χ4n) is 6.16. The standard InChI is InChI=1S/C32H20ClNO5/c33-21-14-10-20(11-15-21)27-25-26(32(39-27)28(35)23-8-4-5-9-24(23)29(32)36)31(38)34(30(25)37)22-16-12-19(13-17-22)18-6-2-1-3-7-18/h1-17,25-27H/t25-,26+,27+/m1/s1. The molecule has 1 aliphatic carbocycles. The Kier molecular flexibility index (Phi) is 5.20. The van der Waals surface area contributed by atoms with Gasteiger partial charge in [-0.2, -0.15) is 0 Å². The van der Waals surface area contributed by atoms with Gasteiger partial charge in [0.15, 0.2) is 0 Å². The number of benzene rings is 4. The molecule has 7 heteroatoms. The lowest BCUT2D eigenvalue weighted by atomic mass is 9.77. The largest absolute Gasteiger partial charge is 0.349 e. The van der Waals surface area contributed by atoms with E-state index in [9.17, 15) is 19.2 Å². The molecule has 6 nitrogen and oxygen atoms in total. The van der Waals surface area contributed by atoms with Crippen LogP contribution in [0.15, 0.2) is 103 Å². The Labute approximate surface area is 228 Å². The maximum Gasteiger partial charge on any atom is 0.241 e. The van der Waals surface area contributed by atoms with Crippen molar-refractivity contribution >= 4 is 40.7 Å². The molecule has 2 fully saturated rings. The first-order valence-corrected chi connectivity index (χ1v) is 12.9. The lowest BCUT2D eigenvalue weighted by Gasteiger charge is -2.27. The van der Waals surface area contributed by atoms with Crippen molar-refractivity contribution in [3.63, 3.8) is 0 Å². The number of halogens is 1. The minimum atomic E-state index is -2.11. The Morgan fingerprint density at radius 3 is 1.82 bits per heavy atom. The first-order chi connectivity index (χ1) is 18.9. The quantitative estimate of drug-likeness (QED) is 0.249. The maximum absolute atomic E-state index is 14.1. The van der Waals surface area contributed by atoms with Crippen LogP contribution in [-0.4, -0.2) is 29.0 Å². The van der Waals surface area contributed by atoms with Crippen LogP contribution in [-0.2, 0) is 14.3 Å². The average molecular weight is 534 g/mol. The van der Waals surface area contributed by atoms with Crippen LogP contribution in [0.5, 0.6) is 0 Å². The van der Waals surface area contributed by atoms with E-state index in [-0.39, 0.29) is 11.1 Å². The number of carbonyl (C=O) groups is 4. The molecule has 4 aromatic rings. The Morgan fingerprint density at radius 2 is 1.21 bits per heavy atom. The average Bonchev–Trinajstić information content (AvgIpc) is 3.54. The third-order valence-electron chi connectivity index (χ3n) is 7.95. The zero-order valence-electron chi connectivity index (χ0n) is 20.4. The number of anilines is 1. The van der Waals surface area contributed by atoms with Crippen LogP contribution in [0.1, 0.15) is 32.4 Å². The van der Waals surface area contributed by atoms with Gasteiger partial charge in [-0.3, -0.25) is 19.2 Å². The molecule has 2 heterocycles. The summed E-state index contributed by atoms with van der Waals surface area (Å²) in [5.74, 6) is -4.66. The summed E-state index contributed by atoms with van der Waals surface area (Å²) in [6.45, 7) is 0. The molecule has 1 spiro atoms. The second kappa shape index (κ2) is 8.56. The SMILES string of the molecule is O=C1[C@@H]2[C@@H](C(=O)N1c1ccc(-c3ccccc3)cc1)C1(O[C@H]2c2ccc(Cl)cc2)C(=O)c2ccccc2C1=O. The van der Waals surface area contributed by atoms with E-state index in [1.165, 1.54) is 0 Å². The van der Waals surface area contributed by atoms with Crippen molar-refractivity contribution in [2.75, 3.05) is 4.90 Å². The van der Waals surface area contributed by atoms with Gasteiger partial charge in [0, 0.05) is 16.1 Å². The number of amides is 2. The Hall–Kier alpha value is -4.39. The molecule has 0 N–H and O–H groups in total. The van der Waals surface area contributed by atoms with E-state index in [0.29, 0.717) is 16.3 Å². The molecule has 2 saturated heterocycles. The van der Waals surface area contributed by atoms with Crippen LogP contribution in [0.25, 0.3) is 11.1 Å². The number of nitrogens with zero attached hydrogens (tertiary/aromatic N) is 1. The second-order valence-electron chi connectivity index (χ2n) is 9.96. The summed E-state index contributed by atoms with van der Waals surface area (Å²) >= 11 is 6.09. The zero-order valence-corrected chi connectivity index (χ0v) is 21.2. The number of ether oxygens (including phenoxy) is 1. The predicted molar refractivity (Wildman–Crippen MR) is 144 cm³/mol. The molecule has 2 aliphatic heterocycles. The van der Waals surface area contributed by atoms with Gasteiger partial charge in [0.25, 0.3) is 0 Å². The second-order valence-corrected chi connectivity index (χ2v) is 10.4. The molecule has 4 aromatic carbocycles. The minimum absolute atomic E-state index is 0.198. The van der Waals surface area contributed by atoms with Crippen LogP contribution in [0.4, 0.5) is 5.69 Å². The van der Waals surface area contributed by atoms with Crippen molar-refractivity contribution in [2.45, 2.75) is 11.7 Å². The third kappa shape index (κ3) is 3.25. The predicted octanol–water partition coefficient (Wildman–Crippen LogP) is 5.70. The molecule has 0 saturated carbocycles. The fourth-order valence-corrected chi connectivity index (χ4v) is 6.28. The topological polar surface area (TPSA) is 80.8 Å². The number of imide groups is 1. The molecular weight excluding hydrogens is 514 g/mol. The van der Waals surface area contributed by atoms with Crippen molar-refractivity contribution in [2.24, 2.45) is 11.8 Å². The molecule has 0 radical (unpaired) electrons. The summed E-state index contributed by atoms with van der Waals surface area (Å²) in [7, 11) is 0. The molecule has 39 heavy (non-hydrogen) atoms. The van der Waals surface area contributed by atoms with Crippen molar-refractivity contribution < 1.29 is 23.9 Å². The molecule has 3 aliphatic rings. The molecule has 3 atom stereocenters. The van der Waals surface area contributed by atoms with Gasteiger partial charge < -0.3 is 4.74 Å². The highest BCUT2D eigenvalue weighted by molar-refractivity contribution is 6.37. The van der Waals surface area contributed by atoms with Crippen LogP contribution >= 0.6 is 11.6 Å². The van der Waals surface area contributed by atoms with Gasteiger partial charge in [-0.05, 0) is 41.0 Å².